The highest BCUT2D eigenvalue weighted by Crippen LogP contribution is 2.32. The Morgan fingerprint density at radius 1 is 0.750 bits per heavy atom. The van der Waals surface area contributed by atoms with Gasteiger partial charge in [-0.1, -0.05) is 65.7 Å². The number of carbonyl (C=O) groups is 1. The molecule has 0 saturated carbocycles. The highest BCUT2D eigenvalue weighted by atomic mass is 35.5. The fourth-order valence-corrected chi connectivity index (χ4v) is 3.57. The standard InChI is InChI=1S/C23H17Cl2NO2/c24-19-10-6-16(7-11-19)14-23(15-17-8-12-20(25)13-9-17)22(27)28-21(26-23)18-4-2-1-3-5-18/h1-13H,14-15H2. The number of hydrogen-bond acceptors (Lipinski definition) is 3. The predicted octanol–water partition coefficient (Wildman–Crippen LogP) is 5.52. The van der Waals surface area contributed by atoms with Gasteiger partial charge in [-0.3, -0.25) is 0 Å². The monoisotopic (exact) mass is 409 g/mol. The first-order valence-corrected chi connectivity index (χ1v) is 9.66. The summed E-state index contributed by atoms with van der Waals surface area (Å²) in [7, 11) is 0. The third-order valence-corrected chi connectivity index (χ3v) is 5.23. The minimum Gasteiger partial charge on any atom is -0.405 e. The van der Waals surface area contributed by atoms with Crippen LogP contribution < -0.4 is 0 Å². The Morgan fingerprint density at radius 3 is 1.75 bits per heavy atom. The molecule has 0 fully saturated rings. The molecule has 28 heavy (non-hydrogen) atoms. The molecule has 5 heteroatoms. The van der Waals surface area contributed by atoms with Gasteiger partial charge in [0.25, 0.3) is 0 Å². The average molecular weight is 410 g/mol. The number of halogens is 2. The van der Waals surface area contributed by atoms with Crippen molar-refractivity contribution in [2.24, 2.45) is 4.99 Å². The Labute approximate surface area is 173 Å². The van der Waals surface area contributed by atoms with Gasteiger partial charge in [0.15, 0.2) is 5.54 Å². The molecular formula is C23H17Cl2NO2. The van der Waals surface area contributed by atoms with Crippen LogP contribution in [0.1, 0.15) is 16.7 Å². The second kappa shape index (κ2) is 7.78. The van der Waals surface area contributed by atoms with Crippen LogP contribution in [0.3, 0.4) is 0 Å². The maximum absolute atomic E-state index is 13.0. The van der Waals surface area contributed by atoms with Crippen LogP contribution >= 0.6 is 23.2 Å². The van der Waals surface area contributed by atoms with Crippen molar-refractivity contribution in [1.29, 1.82) is 0 Å². The summed E-state index contributed by atoms with van der Waals surface area (Å²) in [6.07, 6.45) is 0.837. The van der Waals surface area contributed by atoms with E-state index >= 15 is 0 Å². The van der Waals surface area contributed by atoms with E-state index in [0.29, 0.717) is 28.8 Å². The lowest BCUT2D eigenvalue weighted by molar-refractivity contribution is -0.139. The molecule has 0 unspecified atom stereocenters. The van der Waals surface area contributed by atoms with Gasteiger partial charge in [0.05, 0.1) is 0 Å². The Bertz CT molecular complexity index is 965. The molecule has 3 nitrogen and oxygen atoms in total. The Morgan fingerprint density at radius 2 is 1.25 bits per heavy atom. The highest BCUT2D eigenvalue weighted by molar-refractivity contribution is 6.30. The average Bonchev–Trinajstić information content (AvgIpc) is 3.02. The van der Waals surface area contributed by atoms with E-state index in [1.807, 2.05) is 78.9 Å². The maximum atomic E-state index is 13.0. The van der Waals surface area contributed by atoms with Crippen LogP contribution in [0.25, 0.3) is 0 Å². The molecule has 0 aliphatic carbocycles. The summed E-state index contributed by atoms with van der Waals surface area (Å²) < 4.78 is 5.61. The van der Waals surface area contributed by atoms with E-state index < -0.39 is 5.54 Å². The van der Waals surface area contributed by atoms with Crippen LogP contribution in [0, 0.1) is 0 Å². The van der Waals surface area contributed by atoms with E-state index in [9.17, 15) is 4.79 Å². The first-order chi connectivity index (χ1) is 13.5. The van der Waals surface area contributed by atoms with Crippen molar-refractivity contribution < 1.29 is 9.53 Å². The van der Waals surface area contributed by atoms with Gasteiger partial charge in [0.1, 0.15) is 0 Å². The minimum atomic E-state index is -1.03. The van der Waals surface area contributed by atoms with Gasteiger partial charge in [0.2, 0.25) is 5.90 Å². The molecule has 0 bridgehead atoms. The van der Waals surface area contributed by atoms with E-state index in [-0.39, 0.29) is 5.97 Å². The fraction of sp³-hybridized carbons (Fsp3) is 0.130. The molecule has 3 aromatic rings. The molecule has 4 rings (SSSR count). The number of aliphatic imine (C=N–C) groups is 1. The van der Waals surface area contributed by atoms with Crippen molar-refractivity contribution in [1.82, 2.24) is 0 Å². The summed E-state index contributed by atoms with van der Waals surface area (Å²) in [5.41, 5.74) is 1.68. The highest BCUT2D eigenvalue weighted by Gasteiger charge is 2.46. The van der Waals surface area contributed by atoms with Crippen LogP contribution in [0.2, 0.25) is 10.0 Å². The Hall–Kier alpha value is -2.62. The lowest BCUT2D eigenvalue weighted by Gasteiger charge is -2.22. The molecule has 0 amide bonds. The molecule has 140 valence electrons. The van der Waals surface area contributed by atoms with Crippen LogP contribution in [-0.2, 0) is 22.4 Å². The quantitative estimate of drug-likeness (QED) is 0.520. The van der Waals surface area contributed by atoms with E-state index in [1.165, 1.54) is 0 Å². The van der Waals surface area contributed by atoms with Crippen LogP contribution in [0.5, 0.6) is 0 Å². The molecule has 1 aliphatic rings. The van der Waals surface area contributed by atoms with Gasteiger partial charge >= 0.3 is 5.97 Å². The number of cyclic esters (lactones) is 1. The molecule has 0 saturated heterocycles. The number of nitrogens with zero attached hydrogens (tertiary/aromatic N) is 1. The summed E-state index contributed by atoms with van der Waals surface area (Å²) in [6, 6.07) is 24.4. The fourth-order valence-electron chi connectivity index (χ4n) is 3.32. The van der Waals surface area contributed by atoms with Crippen molar-refractivity contribution in [3.63, 3.8) is 0 Å². The van der Waals surface area contributed by atoms with Gasteiger partial charge in [-0.2, -0.15) is 0 Å². The summed E-state index contributed by atoms with van der Waals surface area (Å²) in [4.78, 5) is 17.8. The number of hydrogen-bond donors (Lipinski definition) is 0. The zero-order valence-corrected chi connectivity index (χ0v) is 16.5. The smallest absolute Gasteiger partial charge is 0.341 e. The number of rotatable bonds is 5. The SMILES string of the molecule is O=C1OC(c2ccccc2)=NC1(Cc1ccc(Cl)cc1)Cc1ccc(Cl)cc1. The number of benzene rings is 3. The molecule has 0 spiro atoms. The third kappa shape index (κ3) is 3.96. The molecule has 1 aliphatic heterocycles. The zero-order chi connectivity index (χ0) is 19.6. The maximum Gasteiger partial charge on any atom is 0.341 e. The first kappa shape index (κ1) is 18.7. The molecule has 0 atom stereocenters. The zero-order valence-electron chi connectivity index (χ0n) is 14.9. The lowest BCUT2D eigenvalue weighted by atomic mass is 9.85. The Balaban J connectivity index is 1.74. The van der Waals surface area contributed by atoms with Crippen molar-refractivity contribution in [2.75, 3.05) is 0 Å². The molecular weight excluding hydrogens is 393 g/mol. The lowest BCUT2D eigenvalue weighted by Crippen LogP contribution is -2.38. The van der Waals surface area contributed by atoms with E-state index in [4.69, 9.17) is 32.9 Å². The topological polar surface area (TPSA) is 38.7 Å². The number of ether oxygens (including phenoxy) is 1. The summed E-state index contributed by atoms with van der Waals surface area (Å²) >= 11 is 12.0. The van der Waals surface area contributed by atoms with Gasteiger partial charge < -0.3 is 4.74 Å². The largest absolute Gasteiger partial charge is 0.405 e. The third-order valence-electron chi connectivity index (χ3n) is 4.73. The normalized spacial score (nSPS) is 15.2. The molecule has 3 aromatic carbocycles. The molecule has 0 aromatic heterocycles. The summed E-state index contributed by atoms with van der Waals surface area (Å²) in [6.45, 7) is 0. The van der Waals surface area contributed by atoms with E-state index in [0.717, 1.165) is 16.7 Å². The second-order valence-electron chi connectivity index (χ2n) is 6.81. The molecule has 0 N–H and O–H groups in total. The second-order valence-corrected chi connectivity index (χ2v) is 7.68. The van der Waals surface area contributed by atoms with Crippen molar-refractivity contribution in [3.05, 3.63) is 106 Å². The van der Waals surface area contributed by atoms with Crippen LogP contribution in [0.15, 0.2) is 83.9 Å². The van der Waals surface area contributed by atoms with E-state index in [2.05, 4.69) is 0 Å². The van der Waals surface area contributed by atoms with Crippen LogP contribution in [-0.4, -0.2) is 17.4 Å². The predicted molar refractivity (Wildman–Crippen MR) is 112 cm³/mol. The van der Waals surface area contributed by atoms with Gasteiger partial charge in [-0.15, -0.1) is 0 Å². The molecule has 0 radical (unpaired) electrons. The Kier molecular flexibility index (Phi) is 5.21. The first-order valence-electron chi connectivity index (χ1n) is 8.91. The van der Waals surface area contributed by atoms with Gasteiger partial charge in [0, 0.05) is 28.5 Å². The van der Waals surface area contributed by atoms with Crippen molar-refractivity contribution >= 4 is 35.1 Å². The number of carbonyl (C=O) groups excluding carboxylic acids is 1. The van der Waals surface area contributed by atoms with Crippen LogP contribution in [0.4, 0.5) is 0 Å². The minimum absolute atomic E-state index is 0.351. The van der Waals surface area contributed by atoms with Gasteiger partial charge in [-0.25, -0.2) is 9.79 Å². The number of esters is 1. The van der Waals surface area contributed by atoms with Crippen molar-refractivity contribution in [3.8, 4) is 0 Å². The van der Waals surface area contributed by atoms with Crippen molar-refractivity contribution in [2.45, 2.75) is 18.4 Å². The van der Waals surface area contributed by atoms with E-state index in [1.54, 1.807) is 0 Å². The summed E-state index contributed by atoms with van der Waals surface area (Å²) in [5, 5.41) is 1.30. The summed E-state index contributed by atoms with van der Waals surface area (Å²) in [5.74, 6) is 0.00443. The molecule has 1 heterocycles. The van der Waals surface area contributed by atoms with Gasteiger partial charge in [-0.05, 0) is 47.5 Å².